The fraction of sp³-hybridized carbons (Fsp3) is 0.867. The first-order valence-electron chi connectivity index (χ1n) is 7.19. The zero-order chi connectivity index (χ0) is 12.1. The second-order valence-corrected chi connectivity index (χ2v) is 5.90. The highest BCUT2D eigenvalue weighted by Gasteiger charge is 2.27. The van der Waals surface area contributed by atoms with Crippen molar-refractivity contribution >= 4 is 0 Å². The van der Waals surface area contributed by atoms with Crippen LogP contribution in [0.1, 0.15) is 39.5 Å². The minimum absolute atomic E-state index is 0.856. The van der Waals surface area contributed by atoms with E-state index in [-0.39, 0.29) is 0 Å². The average molecular weight is 237 g/mol. The third-order valence-corrected chi connectivity index (χ3v) is 4.25. The Bertz CT molecular complexity index is 244. The predicted molar refractivity (Wildman–Crippen MR) is 72.1 cm³/mol. The van der Waals surface area contributed by atoms with Crippen molar-refractivity contribution in [1.82, 2.24) is 4.90 Å². The molecule has 2 heterocycles. The summed E-state index contributed by atoms with van der Waals surface area (Å²) < 4.78 is 5.62. The van der Waals surface area contributed by atoms with Crippen molar-refractivity contribution < 1.29 is 4.74 Å². The summed E-state index contributed by atoms with van der Waals surface area (Å²) in [5, 5.41) is 0. The van der Waals surface area contributed by atoms with Crippen molar-refractivity contribution in [2.75, 3.05) is 32.8 Å². The molecular formula is C15H27NO. The van der Waals surface area contributed by atoms with E-state index in [9.17, 15) is 0 Å². The van der Waals surface area contributed by atoms with Crippen LogP contribution in [0.25, 0.3) is 0 Å². The molecule has 2 heteroatoms. The van der Waals surface area contributed by atoms with Crippen LogP contribution in [0.5, 0.6) is 0 Å². The minimum atomic E-state index is 0.856. The Kier molecular flexibility index (Phi) is 5.05. The monoisotopic (exact) mass is 237 g/mol. The quantitative estimate of drug-likeness (QED) is 0.699. The van der Waals surface area contributed by atoms with Gasteiger partial charge in [0, 0.05) is 19.8 Å². The topological polar surface area (TPSA) is 12.5 Å². The van der Waals surface area contributed by atoms with Gasteiger partial charge in [-0.3, -0.25) is 4.90 Å². The molecule has 0 bridgehead atoms. The van der Waals surface area contributed by atoms with Gasteiger partial charge in [0.2, 0.25) is 0 Å². The van der Waals surface area contributed by atoms with Crippen molar-refractivity contribution in [2.24, 2.45) is 11.8 Å². The minimum Gasteiger partial charge on any atom is -0.381 e. The molecule has 2 nitrogen and oxygen atoms in total. The van der Waals surface area contributed by atoms with Crippen LogP contribution in [0.3, 0.4) is 0 Å². The van der Waals surface area contributed by atoms with Gasteiger partial charge in [0.15, 0.2) is 0 Å². The van der Waals surface area contributed by atoms with E-state index in [1.54, 1.807) is 0 Å². The molecule has 0 N–H and O–H groups in total. The van der Waals surface area contributed by atoms with Crippen LogP contribution in [0, 0.1) is 11.8 Å². The first-order valence-corrected chi connectivity index (χ1v) is 7.19. The number of hydrogen-bond acceptors (Lipinski definition) is 2. The van der Waals surface area contributed by atoms with Crippen LogP contribution in [0.4, 0.5) is 0 Å². The predicted octanol–water partition coefficient (Wildman–Crippen LogP) is 3.09. The largest absolute Gasteiger partial charge is 0.381 e. The molecule has 0 aromatic rings. The molecule has 0 amide bonds. The number of piperidine rings is 1. The molecule has 17 heavy (non-hydrogen) atoms. The average Bonchev–Trinajstić information content (AvgIpc) is 2.38. The Balaban J connectivity index is 1.71. The molecule has 0 radical (unpaired) electrons. The molecular weight excluding hydrogens is 210 g/mol. The summed E-state index contributed by atoms with van der Waals surface area (Å²) in [6.45, 7) is 10.1. The number of allylic oxidation sites excluding steroid dienone is 1. The fourth-order valence-corrected chi connectivity index (χ4v) is 3.06. The van der Waals surface area contributed by atoms with Crippen molar-refractivity contribution in [3.63, 3.8) is 0 Å². The smallest absolute Gasteiger partial charge is 0.0496 e. The summed E-state index contributed by atoms with van der Waals surface area (Å²) in [5.41, 5.74) is 1.44. The molecule has 2 aliphatic rings. The maximum atomic E-state index is 5.62. The summed E-state index contributed by atoms with van der Waals surface area (Å²) in [6, 6.07) is 0. The molecule has 1 atom stereocenters. The van der Waals surface area contributed by atoms with Gasteiger partial charge in [0.05, 0.1) is 0 Å². The molecule has 2 aliphatic heterocycles. The lowest BCUT2D eigenvalue weighted by Crippen LogP contribution is -2.38. The second kappa shape index (κ2) is 6.55. The van der Waals surface area contributed by atoms with E-state index in [0.29, 0.717) is 0 Å². The molecule has 98 valence electrons. The van der Waals surface area contributed by atoms with E-state index in [2.05, 4.69) is 24.8 Å². The Morgan fingerprint density at radius 1 is 1.18 bits per heavy atom. The van der Waals surface area contributed by atoms with Gasteiger partial charge in [-0.15, -0.1) is 0 Å². The lowest BCUT2D eigenvalue weighted by molar-refractivity contribution is 0.0149. The van der Waals surface area contributed by atoms with E-state index in [1.807, 2.05) is 0 Å². The standard InChI is InChI=1S/C15H27NO/c1-13(2)5-8-16-9-6-14(7-10-16)15-4-3-11-17-12-15/h5,14-15H,3-4,6-12H2,1-2H3. The third-order valence-electron chi connectivity index (χ3n) is 4.25. The van der Waals surface area contributed by atoms with Gasteiger partial charge < -0.3 is 4.74 Å². The number of likely N-dealkylation sites (tertiary alicyclic amines) is 1. The van der Waals surface area contributed by atoms with Gasteiger partial charge in [-0.2, -0.15) is 0 Å². The Morgan fingerprint density at radius 3 is 2.53 bits per heavy atom. The first kappa shape index (κ1) is 13.1. The summed E-state index contributed by atoms with van der Waals surface area (Å²) in [6.07, 6.45) is 7.79. The van der Waals surface area contributed by atoms with Crippen LogP contribution in [0.15, 0.2) is 11.6 Å². The SMILES string of the molecule is CC(C)=CCN1CCC(C2CCCOC2)CC1. The second-order valence-electron chi connectivity index (χ2n) is 5.90. The number of hydrogen-bond donors (Lipinski definition) is 0. The fourth-order valence-electron chi connectivity index (χ4n) is 3.06. The van der Waals surface area contributed by atoms with Crippen molar-refractivity contribution in [1.29, 1.82) is 0 Å². The molecule has 2 rings (SSSR count). The normalized spacial score (nSPS) is 28.0. The maximum Gasteiger partial charge on any atom is 0.0496 e. The van der Waals surface area contributed by atoms with Gasteiger partial charge in [0.1, 0.15) is 0 Å². The van der Waals surface area contributed by atoms with Gasteiger partial charge in [-0.25, -0.2) is 0 Å². The number of nitrogens with zero attached hydrogens (tertiary/aromatic N) is 1. The zero-order valence-corrected chi connectivity index (χ0v) is 11.5. The van der Waals surface area contributed by atoms with Crippen LogP contribution in [-0.4, -0.2) is 37.7 Å². The van der Waals surface area contributed by atoms with Crippen LogP contribution in [-0.2, 0) is 4.74 Å². The van der Waals surface area contributed by atoms with Crippen molar-refractivity contribution in [3.8, 4) is 0 Å². The van der Waals surface area contributed by atoms with E-state index in [1.165, 1.54) is 44.3 Å². The summed E-state index contributed by atoms with van der Waals surface area (Å²) in [7, 11) is 0. The molecule has 0 spiro atoms. The highest BCUT2D eigenvalue weighted by Crippen LogP contribution is 2.30. The van der Waals surface area contributed by atoms with Crippen LogP contribution >= 0.6 is 0 Å². The van der Waals surface area contributed by atoms with Crippen LogP contribution < -0.4 is 0 Å². The lowest BCUT2D eigenvalue weighted by atomic mass is 9.81. The maximum absolute atomic E-state index is 5.62. The third kappa shape index (κ3) is 4.11. The molecule has 0 saturated carbocycles. The van der Waals surface area contributed by atoms with E-state index >= 15 is 0 Å². The molecule has 2 fully saturated rings. The molecule has 1 unspecified atom stereocenters. The van der Waals surface area contributed by atoms with Gasteiger partial charge in [-0.1, -0.05) is 11.6 Å². The molecule has 0 aliphatic carbocycles. The van der Waals surface area contributed by atoms with Crippen LogP contribution in [0.2, 0.25) is 0 Å². The summed E-state index contributed by atoms with van der Waals surface area (Å²) in [5.74, 6) is 1.78. The van der Waals surface area contributed by atoms with E-state index in [0.717, 1.165) is 31.6 Å². The van der Waals surface area contributed by atoms with Crippen molar-refractivity contribution in [2.45, 2.75) is 39.5 Å². The lowest BCUT2D eigenvalue weighted by Gasteiger charge is -2.37. The Morgan fingerprint density at radius 2 is 1.94 bits per heavy atom. The molecule has 0 aromatic heterocycles. The molecule has 2 saturated heterocycles. The first-order chi connectivity index (χ1) is 8.25. The van der Waals surface area contributed by atoms with Gasteiger partial charge in [-0.05, 0) is 64.5 Å². The Hall–Kier alpha value is -0.340. The summed E-state index contributed by atoms with van der Waals surface area (Å²) in [4.78, 5) is 2.59. The number of rotatable bonds is 3. The summed E-state index contributed by atoms with van der Waals surface area (Å²) >= 11 is 0. The van der Waals surface area contributed by atoms with Crippen molar-refractivity contribution in [3.05, 3.63) is 11.6 Å². The van der Waals surface area contributed by atoms with E-state index in [4.69, 9.17) is 4.74 Å². The zero-order valence-electron chi connectivity index (χ0n) is 11.5. The number of ether oxygens (including phenoxy) is 1. The molecule has 0 aromatic carbocycles. The van der Waals surface area contributed by atoms with Gasteiger partial charge in [0.25, 0.3) is 0 Å². The van der Waals surface area contributed by atoms with Gasteiger partial charge >= 0.3 is 0 Å². The highest BCUT2D eigenvalue weighted by atomic mass is 16.5. The van der Waals surface area contributed by atoms with E-state index < -0.39 is 0 Å². The highest BCUT2D eigenvalue weighted by molar-refractivity contribution is 4.95. The Labute approximate surface area is 106 Å².